The number of rotatable bonds is 6. The third-order valence-corrected chi connectivity index (χ3v) is 6.04. The van der Waals surface area contributed by atoms with Gasteiger partial charge >= 0.3 is 46.8 Å². The number of Topliss-reactive ketones (excluding diaryl/α,β-unsaturated/α-hetero) is 2. The molecule has 2 atom stereocenters. The molecule has 0 aliphatic carbocycles. The molecule has 0 amide bonds. The maximum Gasteiger partial charge on any atom is 1.00 e. The summed E-state index contributed by atoms with van der Waals surface area (Å²) in [5, 5.41) is 3.77. The second-order valence-electron chi connectivity index (χ2n) is 7.78. The standard InChI is InChI=1S/C13H9F3O3S.C12H8N2O.CHF3O2S.Na/c14-13(15,16)20(18)19-8-12(17)11-6-5-9-3-1-2-4-10(9)7-11;13-14-8-12(15)11-6-5-9-3-1-2-4-10(9)7-11;2-1(3,4)7(5)6;/h1-7H,8H2;1-8H;(H,5,6);/q;;;+1/p-1. The molecule has 4 rings (SSSR count). The van der Waals surface area contributed by atoms with Gasteiger partial charge in [-0.25, -0.2) is 4.21 Å². The van der Waals surface area contributed by atoms with Crippen LogP contribution in [0.1, 0.15) is 20.7 Å². The summed E-state index contributed by atoms with van der Waals surface area (Å²) in [6.07, 6.45) is 0.893. The fourth-order valence-electron chi connectivity index (χ4n) is 3.09. The van der Waals surface area contributed by atoms with E-state index in [0.29, 0.717) is 5.56 Å². The summed E-state index contributed by atoms with van der Waals surface area (Å²) < 4.78 is 100. The minimum Gasteiger partial charge on any atom is -0.766 e. The van der Waals surface area contributed by atoms with Crippen molar-refractivity contribution in [3.8, 4) is 0 Å². The predicted octanol–water partition coefficient (Wildman–Crippen LogP) is 2.94. The third-order valence-electron chi connectivity index (χ3n) is 4.96. The molecule has 0 aliphatic heterocycles. The van der Waals surface area contributed by atoms with Crippen molar-refractivity contribution >= 4 is 61.5 Å². The second-order valence-corrected chi connectivity index (χ2v) is 9.88. The molecule has 0 N–H and O–H groups in total. The molecule has 17 heteroatoms. The first-order chi connectivity index (χ1) is 19.6. The van der Waals surface area contributed by atoms with Crippen molar-refractivity contribution in [2.24, 2.45) is 0 Å². The Kier molecular flexibility index (Phi) is 15.2. The number of carbonyl (C=O) groups is 2. The van der Waals surface area contributed by atoms with Gasteiger partial charge in [-0.3, -0.25) is 18.0 Å². The van der Waals surface area contributed by atoms with E-state index < -0.39 is 45.6 Å². The van der Waals surface area contributed by atoms with Crippen LogP contribution in [0.3, 0.4) is 0 Å². The minimum absolute atomic E-state index is 0. The minimum atomic E-state index is -5.08. The van der Waals surface area contributed by atoms with Crippen LogP contribution in [0.25, 0.3) is 27.1 Å². The van der Waals surface area contributed by atoms with Crippen molar-refractivity contribution in [2.75, 3.05) is 6.61 Å². The number of halogens is 6. The third kappa shape index (κ3) is 12.6. The van der Waals surface area contributed by atoms with E-state index in [2.05, 4.69) is 8.97 Å². The molecule has 0 heterocycles. The zero-order valence-electron chi connectivity index (χ0n) is 21.8. The first-order valence-corrected chi connectivity index (χ1v) is 13.3. The normalized spacial score (nSPS) is 12.3. The number of nitrogens with zero attached hydrogens (tertiary/aromatic N) is 2. The van der Waals surface area contributed by atoms with Gasteiger partial charge in [0.2, 0.25) is 0 Å². The van der Waals surface area contributed by atoms with E-state index in [1.54, 1.807) is 36.4 Å². The average Bonchev–Trinajstić information content (AvgIpc) is 2.95. The van der Waals surface area contributed by atoms with Crippen LogP contribution < -0.4 is 29.6 Å². The molecule has 0 aromatic heterocycles. The SMILES string of the molecule is O=C(COS(=O)C(F)(F)F)c1ccc2ccccc2c1.O=S([O-])C(F)(F)F.[N-]=[N+]=CC(=O)c1ccc2ccccc2c1.[Na+]. The van der Waals surface area contributed by atoms with E-state index in [1.165, 1.54) is 6.07 Å². The smallest absolute Gasteiger partial charge is 0.766 e. The molecular formula is C26H17F6N2NaO6S2. The zero-order valence-corrected chi connectivity index (χ0v) is 25.4. The Labute approximate surface area is 266 Å². The van der Waals surface area contributed by atoms with Gasteiger partial charge in [-0.05, 0) is 33.7 Å². The molecule has 0 aliphatic rings. The number of ketones is 2. The fraction of sp³-hybridized carbons (Fsp3) is 0.115. The maximum absolute atomic E-state index is 12.0. The molecule has 0 radical (unpaired) electrons. The van der Waals surface area contributed by atoms with Gasteiger partial charge in [-0.1, -0.05) is 72.8 Å². The van der Waals surface area contributed by atoms with Crippen molar-refractivity contribution in [3.05, 3.63) is 102 Å². The molecule has 2 unspecified atom stereocenters. The first kappa shape index (κ1) is 37.9. The number of benzene rings is 4. The van der Waals surface area contributed by atoms with Gasteiger partial charge < -0.3 is 10.1 Å². The average molecular weight is 655 g/mol. The summed E-state index contributed by atoms with van der Waals surface area (Å²) in [7, 11) is 0. The van der Waals surface area contributed by atoms with Gasteiger partial charge in [-0.2, -0.15) is 31.1 Å². The van der Waals surface area contributed by atoms with Crippen molar-refractivity contribution in [3.63, 3.8) is 0 Å². The molecule has 0 spiro atoms. The van der Waals surface area contributed by atoms with E-state index in [4.69, 9.17) is 14.3 Å². The van der Waals surface area contributed by atoms with E-state index in [-0.39, 0.29) is 40.9 Å². The van der Waals surface area contributed by atoms with Crippen molar-refractivity contribution < 1.29 is 87.4 Å². The summed E-state index contributed by atoms with van der Waals surface area (Å²) in [4.78, 5) is 25.8. The van der Waals surface area contributed by atoms with Crippen LogP contribution in [0.4, 0.5) is 26.3 Å². The molecule has 0 bridgehead atoms. The van der Waals surface area contributed by atoms with Crippen LogP contribution in [0.15, 0.2) is 84.9 Å². The quantitative estimate of drug-likeness (QED) is 0.0597. The van der Waals surface area contributed by atoms with Gasteiger partial charge in [0.15, 0.2) is 5.78 Å². The van der Waals surface area contributed by atoms with Crippen LogP contribution in [-0.2, 0) is 26.3 Å². The van der Waals surface area contributed by atoms with Crippen LogP contribution >= 0.6 is 0 Å². The molecule has 0 fully saturated rings. The second kappa shape index (κ2) is 17.3. The molecule has 222 valence electrons. The Balaban J connectivity index is 0.000000355. The molecule has 4 aromatic rings. The zero-order chi connectivity index (χ0) is 31.5. The number of fused-ring (bicyclic) bond motifs is 2. The summed E-state index contributed by atoms with van der Waals surface area (Å²) in [5.41, 5.74) is -1.08. The largest absolute Gasteiger partial charge is 1.00 e. The van der Waals surface area contributed by atoms with Crippen LogP contribution in [-0.4, -0.2) is 53.2 Å². The Morgan fingerprint density at radius 3 is 1.60 bits per heavy atom. The van der Waals surface area contributed by atoms with E-state index in [9.17, 15) is 40.1 Å². The summed E-state index contributed by atoms with van der Waals surface area (Å²) in [6.45, 7) is -0.884. The Morgan fingerprint density at radius 1 is 0.767 bits per heavy atom. The Hall–Kier alpha value is -3.08. The molecule has 43 heavy (non-hydrogen) atoms. The molecule has 0 saturated carbocycles. The summed E-state index contributed by atoms with van der Waals surface area (Å²) >= 11 is -7.41. The fourth-order valence-corrected chi connectivity index (χ4v) is 3.44. The molecule has 8 nitrogen and oxygen atoms in total. The van der Waals surface area contributed by atoms with Crippen LogP contribution in [0, 0.1) is 0 Å². The van der Waals surface area contributed by atoms with E-state index in [1.807, 2.05) is 42.5 Å². The van der Waals surface area contributed by atoms with E-state index >= 15 is 0 Å². The maximum atomic E-state index is 12.0. The van der Waals surface area contributed by atoms with Gasteiger partial charge in [0, 0.05) is 11.1 Å². The van der Waals surface area contributed by atoms with Crippen LogP contribution in [0.5, 0.6) is 0 Å². The Bertz CT molecular complexity index is 1680. The van der Waals surface area contributed by atoms with Gasteiger partial charge in [0.25, 0.3) is 16.9 Å². The predicted molar refractivity (Wildman–Crippen MR) is 141 cm³/mol. The summed E-state index contributed by atoms with van der Waals surface area (Å²) in [5.74, 6) is -0.961. The van der Waals surface area contributed by atoms with Gasteiger partial charge in [0.05, 0.1) is 11.1 Å². The van der Waals surface area contributed by atoms with Gasteiger partial charge in [-0.15, -0.1) is 0 Å². The number of hydrogen-bond donors (Lipinski definition) is 0. The first-order valence-electron chi connectivity index (χ1n) is 11.1. The van der Waals surface area contributed by atoms with Crippen LogP contribution in [0.2, 0.25) is 0 Å². The van der Waals surface area contributed by atoms with E-state index in [0.717, 1.165) is 27.8 Å². The van der Waals surface area contributed by atoms with Crippen molar-refractivity contribution in [1.29, 1.82) is 0 Å². The van der Waals surface area contributed by atoms with Gasteiger partial charge in [0.1, 0.15) is 6.61 Å². The molecule has 0 saturated heterocycles. The Morgan fingerprint density at radius 2 is 1.19 bits per heavy atom. The molecular weight excluding hydrogens is 637 g/mol. The van der Waals surface area contributed by atoms with Crippen molar-refractivity contribution in [2.45, 2.75) is 11.0 Å². The topological polar surface area (TPSA) is 137 Å². The number of carbonyl (C=O) groups excluding carboxylic acids is 2. The number of alkyl halides is 6. The molecule has 4 aromatic carbocycles. The monoisotopic (exact) mass is 654 g/mol. The van der Waals surface area contributed by atoms with Crippen molar-refractivity contribution in [1.82, 2.24) is 0 Å². The number of hydrogen-bond acceptors (Lipinski definition) is 6. The summed E-state index contributed by atoms with van der Waals surface area (Å²) in [6, 6.07) is 25.1.